The Morgan fingerprint density at radius 2 is 2.20 bits per heavy atom. The smallest absolute Gasteiger partial charge is 0.230 e. The lowest BCUT2D eigenvalue weighted by atomic mass is 10.1. The lowest BCUT2D eigenvalue weighted by Gasteiger charge is -1.96. The van der Waals surface area contributed by atoms with Gasteiger partial charge in [-0.25, -0.2) is 0 Å². The highest BCUT2D eigenvalue weighted by atomic mass is 79.9. The number of halogens is 1. The summed E-state index contributed by atoms with van der Waals surface area (Å²) in [6.45, 7) is 1.91. The first-order chi connectivity index (χ1) is 4.24. The topological polar surface area (TPSA) is 46.2 Å². The highest BCUT2D eigenvalue weighted by molar-refractivity contribution is 8.93. The minimum atomic E-state index is -0.133. The SMILES string of the molecule is Br.CCC1CC(=O)NC1=O. The number of amides is 2. The third-order valence-electron chi connectivity index (χ3n) is 1.56. The summed E-state index contributed by atoms with van der Waals surface area (Å²) in [5, 5.41) is 2.24. The molecule has 1 N–H and O–H groups in total. The predicted octanol–water partition coefficient (Wildman–Crippen LogP) is 0.637. The second-order valence-corrected chi connectivity index (χ2v) is 2.22. The summed E-state index contributed by atoms with van der Waals surface area (Å²) >= 11 is 0. The number of rotatable bonds is 1. The lowest BCUT2D eigenvalue weighted by molar-refractivity contribution is -0.125. The van der Waals surface area contributed by atoms with E-state index in [1.165, 1.54) is 0 Å². The van der Waals surface area contributed by atoms with Crippen LogP contribution in [0.15, 0.2) is 0 Å². The second kappa shape index (κ2) is 3.71. The van der Waals surface area contributed by atoms with Gasteiger partial charge in [0.15, 0.2) is 0 Å². The maximum absolute atomic E-state index is 10.7. The lowest BCUT2D eigenvalue weighted by Crippen LogP contribution is -2.21. The van der Waals surface area contributed by atoms with Crippen molar-refractivity contribution in [2.45, 2.75) is 19.8 Å². The fraction of sp³-hybridized carbons (Fsp3) is 0.667. The van der Waals surface area contributed by atoms with Crippen molar-refractivity contribution in [3.63, 3.8) is 0 Å². The molecule has 1 aliphatic heterocycles. The van der Waals surface area contributed by atoms with Crippen LogP contribution in [0.5, 0.6) is 0 Å². The van der Waals surface area contributed by atoms with Crippen LogP contribution in [0.4, 0.5) is 0 Å². The van der Waals surface area contributed by atoms with Crippen LogP contribution < -0.4 is 5.32 Å². The Balaban J connectivity index is 0.000000810. The molecule has 0 bridgehead atoms. The molecule has 1 saturated heterocycles. The van der Waals surface area contributed by atoms with Gasteiger partial charge in [-0.1, -0.05) is 6.92 Å². The summed E-state index contributed by atoms with van der Waals surface area (Å²) in [6, 6.07) is 0. The second-order valence-electron chi connectivity index (χ2n) is 2.22. The normalized spacial score (nSPS) is 23.9. The average Bonchev–Trinajstić information content (AvgIpc) is 2.10. The van der Waals surface area contributed by atoms with E-state index in [1.54, 1.807) is 0 Å². The van der Waals surface area contributed by atoms with E-state index < -0.39 is 0 Å². The van der Waals surface area contributed by atoms with Crippen LogP contribution in [0.1, 0.15) is 19.8 Å². The van der Waals surface area contributed by atoms with Gasteiger partial charge < -0.3 is 0 Å². The zero-order valence-corrected chi connectivity index (χ0v) is 7.43. The van der Waals surface area contributed by atoms with Gasteiger partial charge in [-0.05, 0) is 6.42 Å². The molecule has 3 nitrogen and oxygen atoms in total. The summed E-state index contributed by atoms with van der Waals surface area (Å²) in [5.74, 6) is -0.299. The van der Waals surface area contributed by atoms with Crippen molar-refractivity contribution in [3.8, 4) is 0 Å². The van der Waals surface area contributed by atoms with Gasteiger partial charge in [0.25, 0.3) is 0 Å². The third-order valence-corrected chi connectivity index (χ3v) is 1.56. The Hall–Kier alpha value is -0.380. The molecule has 1 rings (SSSR count). The minimum absolute atomic E-state index is 0. The highest BCUT2D eigenvalue weighted by Gasteiger charge is 2.28. The van der Waals surface area contributed by atoms with E-state index >= 15 is 0 Å². The molecule has 0 aromatic heterocycles. The van der Waals surface area contributed by atoms with Crippen molar-refractivity contribution in [1.82, 2.24) is 5.32 Å². The standard InChI is InChI=1S/C6H9NO2.BrH/c1-2-4-3-5(8)7-6(4)9;/h4H,2-3H2,1H3,(H,7,8,9);1H. The molecule has 4 heteroatoms. The number of carbonyl (C=O) groups is 2. The first-order valence-corrected chi connectivity index (χ1v) is 3.07. The van der Waals surface area contributed by atoms with Gasteiger partial charge in [0.2, 0.25) is 11.8 Å². The molecule has 58 valence electrons. The third kappa shape index (κ3) is 1.80. The van der Waals surface area contributed by atoms with Crippen molar-refractivity contribution in [1.29, 1.82) is 0 Å². The summed E-state index contributed by atoms with van der Waals surface area (Å²) in [7, 11) is 0. The fourth-order valence-electron chi connectivity index (χ4n) is 0.937. The molecule has 10 heavy (non-hydrogen) atoms. The zero-order valence-electron chi connectivity index (χ0n) is 5.72. The van der Waals surface area contributed by atoms with Crippen molar-refractivity contribution in [2.24, 2.45) is 5.92 Å². The molecule has 0 saturated carbocycles. The van der Waals surface area contributed by atoms with Crippen LogP contribution in [0, 0.1) is 5.92 Å². The summed E-state index contributed by atoms with van der Waals surface area (Å²) < 4.78 is 0. The van der Waals surface area contributed by atoms with Gasteiger partial charge in [-0.2, -0.15) is 0 Å². The molecule has 1 fully saturated rings. The first kappa shape index (κ1) is 9.62. The molecule has 2 amide bonds. The first-order valence-electron chi connectivity index (χ1n) is 3.07. The van der Waals surface area contributed by atoms with Crippen molar-refractivity contribution in [3.05, 3.63) is 0 Å². The van der Waals surface area contributed by atoms with Gasteiger partial charge in [0, 0.05) is 12.3 Å². The van der Waals surface area contributed by atoms with Crippen LogP contribution >= 0.6 is 17.0 Å². The number of carbonyl (C=O) groups excluding carboxylic acids is 2. The van der Waals surface area contributed by atoms with Crippen LogP contribution in [0.25, 0.3) is 0 Å². The number of imide groups is 1. The fourth-order valence-corrected chi connectivity index (χ4v) is 0.937. The number of nitrogens with one attached hydrogen (secondary N) is 1. The molecular weight excluding hydrogens is 198 g/mol. The van der Waals surface area contributed by atoms with Crippen LogP contribution in [-0.4, -0.2) is 11.8 Å². The quantitative estimate of drug-likeness (QED) is 0.642. The van der Waals surface area contributed by atoms with Crippen LogP contribution in [0.3, 0.4) is 0 Å². The summed E-state index contributed by atoms with van der Waals surface area (Å²) in [4.78, 5) is 21.2. The predicted molar refractivity (Wildman–Crippen MR) is 41.9 cm³/mol. The maximum Gasteiger partial charge on any atom is 0.230 e. The van der Waals surface area contributed by atoms with Crippen LogP contribution in [-0.2, 0) is 9.59 Å². The Bertz CT molecular complexity index is 158. The van der Waals surface area contributed by atoms with Gasteiger partial charge in [-0.3, -0.25) is 14.9 Å². The van der Waals surface area contributed by atoms with Crippen LogP contribution in [0.2, 0.25) is 0 Å². The monoisotopic (exact) mass is 207 g/mol. The Morgan fingerprint density at radius 3 is 2.40 bits per heavy atom. The van der Waals surface area contributed by atoms with E-state index in [9.17, 15) is 9.59 Å². The molecule has 0 radical (unpaired) electrons. The minimum Gasteiger partial charge on any atom is -0.296 e. The molecule has 0 aliphatic carbocycles. The van der Waals surface area contributed by atoms with E-state index in [2.05, 4.69) is 5.32 Å². The van der Waals surface area contributed by atoms with E-state index in [0.29, 0.717) is 6.42 Å². The highest BCUT2D eigenvalue weighted by Crippen LogP contribution is 2.13. The van der Waals surface area contributed by atoms with Gasteiger partial charge in [0.1, 0.15) is 0 Å². The zero-order chi connectivity index (χ0) is 6.85. The van der Waals surface area contributed by atoms with Crippen molar-refractivity contribution < 1.29 is 9.59 Å². The maximum atomic E-state index is 10.7. The Labute approximate surface area is 69.9 Å². The molecule has 0 aromatic carbocycles. The molecule has 1 unspecified atom stereocenters. The Morgan fingerprint density at radius 1 is 1.60 bits per heavy atom. The summed E-state index contributed by atoms with van der Waals surface area (Å²) in [5.41, 5.74) is 0. The van der Waals surface area contributed by atoms with E-state index in [1.807, 2.05) is 6.92 Å². The average molecular weight is 208 g/mol. The largest absolute Gasteiger partial charge is 0.296 e. The summed E-state index contributed by atoms with van der Waals surface area (Å²) in [6.07, 6.45) is 1.15. The number of hydrogen-bond acceptors (Lipinski definition) is 2. The van der Waals surface area contributed by atoms with Gasteiger partial charge in [0.05, 0.1) is 0 Å². The molecular formula is C6H10BrNO2. The Kier molecular flexibility index (Phi) is 3.57. The van der Waals surface area contributed by atoms with Gasteiger partial charge in [-0.15, -0.1) is 17.0 Å². The van der Waals surface area contributed by atoms with E-state index in [-0.39, 0.29) is 34.7 Å². The van der Waals surface area contributed by atoms with E-state index in [0.717, 1.165) is 6.42 Å². The molecule has 1 heterocycles. The number of hydrogen-bond donors (Lipinski definition) is 1. The molecule has 1 aliphatic rings. The molecule has 0 spiro atoms. The molecule has 1 atom stereocenters. The van der Waals surface area contributed by atoms with Crippen molar-refractivity contribution in [2.75, 3.05) is 0 Å². The van der Waals surface area contributed by atoms with Gasteiger partial charge >= 0.3 is 0 Å². The molecule has 0 aromatic rings. The van der Waals surface area contributed by atoms with Crippen molar-refractivity contribution >= 4 is 28.8 Å². The van der Waals surface area contributed by atoms with E-state index in [4.69, 9.17) is 0 Å².